The molecule has 0 bridgehead atoms. The molecule has 1 aliphatic rings. The monoisotopic (exact) mass is 189 g/mol. The third-order valence-corrected chi connectivity index (χ3v) is 1.87. The van der Waals surface area contributed by atoms with Crippen LogP contribution in [-0.4, -0.2) is 45.0 Å². The zero-order valence-electron chi connectivity index (χ0n) is 9.38. The van der Waals surface area contributed by atoms with E-state index in [2.05, 4.69) is 23.5 Å². The van der Waals surface area contributed by atoms with Crippen LogP contribution < -0.4 is 0 Å². The molecule has 3 heteroatoms. The second-order valence-electron chi connectivity index (χ2n) is 3.25. The number of rotatable bonds is 1. The molecule has 13 heavy (non-hydrogen) atoms. The van der Waals surface area contributed by atoms with Gasteiger partial charge in [-0.1, -0.05) is 0 Å². The Morgan fingerprint density at radius 3 is 1.62 bits per heavy atom. The highest BCUT2D eigenvalue weighted by molar-refractivity contribution is 5.10. The van der Waals surface area contributed by atoms with Gasteiger partial charge in [0.15, 0.2) is 0 Å². The van der Waals surface area contributed by atoms with Gasteiger partial charge in [-0.25, -0.2) is 0 Å². The highest BCUT2D eigenvalue weighted by Gasteiger charge is 2.13. The number of methoxy groups -OCH3 is 1. The van der Waals surface area contributed by atoms with Gasteiger partial charge in [0.2, 0.25) is 0 Å². The molecule has 0 aromatic heterocycles. The van der Waals surface area contributed by atoms with Crippen LogP contribution in [0.1, 0.15) is 26.7 Å². The molecule has 0 spiro atoms. The summed E-state index contributed by atoms with van der Waals surface area (Å²) in [6, 6.07) is 0.775. The lowest BCUT2D eigenvalue weighted by Gasteiger charge is -2.18. The van der Waals surface area contributed by atoms with Crippen molar-refractivity contribution in [1.82, 2.24) is 4.90 Å². The summed E-state index contributed by atoms with van der Waals surface area (Å²) in [5.74, 6) is 0. The van der Waals surface area contributed by atoms with Crippen molar-refractivity contribution in [2.45, 2.75) is 32.7 Å². The molecule has 1 aliphatic heterocycles. The van der Waals surface area contributed by atoms with Crippen LogP contribution in [0.4, 0.5) is 0 Å². The van der Waals surface area contributed by atoms with Gasteiger partial charge in [-0.2, -0.15) is 0 Å². The first-order valence-corrected chi connectivity index (χ1v) is 4.65. The normalized spacial score (nSPS) is 15.8. The molecule has 0 atom stereocenters. The first kappa shape index (κ1) is 15.1. The minimum absolute atomic E-state index is 0.775. The number of ether oxygens (including phenoxy) is 1. The molecule has 0 aromatic carbocycles. The summed E-state index contributed by atoms with van der Waals surface area (Å²) in [7, 11) is 3.25. The van der Waals surface area contributed by atoms with Crippen molar-refractivity contribution in [2.24, 2.45) is 0 Å². The van der Waals surface area contributed by atoms with Gasteiger partial charge in [0.25, 0.3) is 0 Å². The van der Waals surface area contributed by atoms with Crippen LogP contribution in [0.25, 0.3) is 0 Å². The highest BCUT2D eigenvalue weighted by atomic mass is 16.4. The van der Waals surface area contributed by atoms with Crippen molar-refractivity contribution in [1.29, 1.82) is 0 Å². The Kier molecular flexibility index (Phi) is 13.4. The van der Waals surface area contributed by atoms with Gasteiger partial charge in [0.1, 0.15) is 6.79 Å². The molecule has 1 heterocycles. The van der Waals surface area contributed by atoms with Crippen LogP contribution in [-0.2, 0) is 9.53 Å². The van der Waals surface area contributed by atoms with Gasteiger partial charge >= 0.3 is 0 Å². The van der Waals surface area contributed by atoms with E-state index >= 15 is 0 Å². The van der Waals surface area contributed by atoms with E-state index < -0.39 is 0 Å². The molecule has 80 valence electrons. The zero-order chi connectivity index (χ0) is 10.7. The SMILES string of the molecule is C=O.CC(C)N1CCCC1.COC. The van der Waals surface area contributed by atoms with Crippen molar-refractivity contribution in [2.75, 3.05) is 27.3 Å². The molecule has 0 N–H and O–H groups in total. The quantitative estimate of drug-likeness (QED) is 0.627. The number of hydrogen-bond donors (Lipinski definition) is 0. The number of carbonyl (C=O) groups excluding carboxylic acids is 1. The van der Waals surface area contributed by atoms with E-state index in [0.717, 1.165) is 6.04 Å². The topological polar surface area (TPSA) is 29.5 Å². The summed E-state index contributed by atoms with van der Waals surface area (Å²) in [6.07, 6.45) is 2.83. The number of carbonyl (C=O) groups is 1. The predicted octanol–water partition coefficient (Wildman–Crippen LogP) is 1.57. The van der Waals surface area contributed by atoms with E-state index in [4.69, 9.17) is 4.79 Å². The van der Waals surface area contributed by atoms with Crippen LogP contribution in [0, 0.1) is 0 Å². The van der Waals surface area contributed by atoms with Crippen LogP contribution in [0.2, 0.25) is 0 Å². The number of nitrogens with zero attached hydrogens (tertiary/aromatic N) is 1. The second-order valence-corrected chi connectivity index (χ2v) is 3.25. The third-order valence-electron chi connectivity index (χ3n) is 1.87. The molecule has 0 radical (unpaired) electrons. The Bertz CT molecular complexity index is 90.9. The van der Waals surface area contributed by atoms with E-state index in [0.29, 0.717) is 0 Å². The Hall–Kier alpha value is -0.410. The van der Waals surface area contributed by atoms with Crippen molar-refractivity contribution < 1.29 is 9.53 Å². The van der Waals surface area contributed by atoms with Crippen molar-refractivity contribution in [3.63, 3.8) is 0 Å². The van der Waals surface area contributed by atoms with Gasteiger partial charge in [-0.05, 0) is 39.8 Å². The van der Waals surface area contributed by atoms with Gasteiger partial charge in [0.05, 0.1) is 0 Å². The third kappa shape index (κ3) is 9.50. The first-order valence-electron chi connectivity index (χ1n) is 4.65. The fraction of sp³-hybridized carbons (Fsp3) is 0.900. The van der Waals surface area contributed by atoms with Crippen molar-refractivity contribution in [3.05, 3.63) is 0 Å². The van der Waals surface area contributed by atoms with Gasteiger partial charge in [-0.15, -0.1) is 0 Å². The fourth-order valence-corrected chi connectivity index (χ4v) is 1.26. The zero-order valence-corrected chi connectivity index (χ0v) is 9.38. The largest absolute Gasteiger partial charge is 0.388 e. The van der Waals surface area contributed by atoms with E-state index in [9.17, 15) is 0 Å². The minimum atomic E-state index is 0.775. The average Bonchev–Trinajstić information content (AvgIpc) is 2.61. The summed E-state index contributed by atoms with van der Waals surface area (Å²) in [6.45, 7) is 9.20. The minimum Gasteiger partial charge on any atom is -0.388 e. The predicted molar refractivity (Wildman–Crippen MR) is 56.0 cm³/mol. The molecular formula is C10H23NO2. The van der Waals surface area contributed by atoms with Crippen LogP contribution in [0.15, 0.2) is 0 Å². The molecule has 1 fully saturated rings. The summed E-state index contributed by atoms with van der Waals surface area (Å²) in [4.78, 5) is 10.5. The van der Waals surface area contributed by atoms with Gasteiger partial charge < -0.3 is 14.4 Å². The number of hydrogen-bond acceptors (Lipinski definition) is 3. The Balaban J connectivity index is 0. The molecule has 0 saturated carbocycles. The molecule has 3 nitrogen and oxygen atoms in total. The van der Waals surface area contributed by atoms with Gasteiger partial charge in [-0.3, -0.25) is 0 Å². The lowest BCUT2D eigenvalue weighted by atomic mass is 10.3. The maximum Gasteiger partial charge on any atom is 0.106 e. The Labute approximate surface area is 82.1 Å². The molecule has 1 rings (SSSR count). The molecular weight excluding hydrogens is 166 g/mol. The second kappa shape index (κ2) is 11.6. The van der Waals surface area contributed by atoms with Gasteiger partial charge in [0, 0.05) is 20.3 Å². The molecule has 0 unspecified atom stereocenters. The summed E-state index contributed by atoms with van der Waals surface area (Å²) < 4.78 is 4.25. The Morgan fingerprint density at radius 2 is 1.46 bits per heavy atom. The Morgan fingerprint density at radius 1 is 1.15 bits per heavy atom. The summed E-state index contributed by atoms with van der Waals surface area (Å²) in [5, 5.41) is 0. The summed E-state index contributed by atoms with van der Waals surface area (Å²) in [5.41, 5.74) is 0. The fourth-order valence-electron chi connectivity index (χ4n) is 1.26. The molecule has 1 saturated heterocycles. The first-order chi connectivity index (χ1) is 6.22. The van der Waals surface area contributed by atoms with Crippen molar-refractivity contribution in [3.8, 4) is 0 Å². The molecule has 0 aliphatic carbocycles. The van der Waals surface area contributed by atoms with Crippen molar-refractivity contribution >= 4 is 6.79 Å². The number of likely N-dealkylation sites (tertiary alicyclic amines) is 1. The lowest BCUT2D eigenvalue weighted by Crippen LogP contribution is -2.26. The highest BCUT2D eigenvalue weighted by Crippen LogP contribution is 2.09. The van der Waals surface area contributed by atoms with Crippen LogP contribution >= 0.6 is 0 Å². The average molecular weight is 189 g/mol. The summed E-state index contributed by atoms with van der Waals surface area (Å²) >= 11 is 0. The standard InChI is InChI=1S/C7H15N.C2H6O.CH2O/c1-7(2)8-5-3-4-6-8;1-3-2;1-2/h7H,3-6H2,1-2H3;1-2H3;1H2. The van der Waals surface area contributed by atoms with E-state index in [1.54, 1.807) is 14.2 Å². The maximum absolute atomic E-state index is 8.00. The van der Waals surface area contributed by atoms with E-state index in [1.165, 1.54) is 25.9 Å². The van der Waals surface area contributed by atoms with Crippen LogP contribution in [0.5, 0.6) is 0 Å². The van der Waals surface area contributed by atoms with E-state index in [-0.39, 0.29) is 0 Å². The molecule has 0 aromatic rings. The maximum atomic E-state index is 8.00. The molecule has 0 amide bonds. The van der Waals surface area contributed by atoms with E-state index in [1.807, 2.05) is 6.79 Å². The lowest BCUT2D eigenvalue weighted by molar-refractivity contribution is -0.0979. The van der Waals surface area contributed by atoms with Crippen LogP contribution in [0.3, 0.4) is 0 Å². The smallest absolute Gasteiger partial charge is 0.106 e.